The SMILES string of the molecule is CC(C)c1ccc2c3c4ccccc4ccc3n(-c3ccc(-c4ccc(-c5ccc(N6CCCc7ccccc76)cc5)cc4)cc3)c2c1. The zero-order valence-corrected chi connectivity index (χ0v) is 27.5. The van der Waals surface area contributed by atoms with Gasteiger partial charge in [-0.3, -0.25) is 0 Å². The van der Waals surface area contributed by atoms with Crippen LogP contribution >= 0.6 is 0 Å². The highest BCUT2D eigenvalue weighted by atomic mass is 15.1. The van der Waals surface area contributed by atoms with Gasteiger partial charge in [0.1, 0.15) is 0 Å². The second-order valence-electron chi connectivity index (χ2n) is 13.5. The molecule has 0 unspecified atom stereocenters. The van der Waals surface area contributed by atoms with Crippen LogP contribution in [0.3, 0.4) is 0 Å². The summed E-state index contributed by atoms with van der Waals surface area (Å²) in [7, 11) is 0. The van der Waals surface area contributed by atoms with Crippen molar-refractivity contribution in [1.82, 2.24) is 4.57 Å². The molecule has 0 fully saturated rings. The van der Waals surface area contributed by atoms with E-state index in [4.69, 9.17) is 0 Å². The van der Waals surface area contributed by atoms with Gasteiger partial charge in [-0.25, -0.2) is 0 Å². The van der Waals surface area contributed by atoms with E-state index in [2.05, 4.69) is 175 Å². The van der Waals surface area contributed by atoms with Gasteiger partial charge in [-0.2, -0.15) is 0 Å². The largest absolute Gasteiger partial charge is 0.341 e. The molecule has 2 heteroatoms. The summed E-state index contributed by atoms with van der Waals surface area (Å²) in [6.07, 6.45) is 2.35. The second-order valence-corrected chi connectivity index (χ2v) is 13.5. The topological polar surface area (TPSA) is 8.17 Å². The minimum absolute atomic E-state index is 0.466. The summed E-state index contributed by atoms with van der Waals surface area (Å²) in [5.41, 5.74) is 14.0. The maximum Gasteiger partial charge on any atom is 0.0547 e. The molecule has 0 radical (unpaired) electrons. The van der Waals surface area contributed by atoms with E-state index < -0.39 is 0 Å². The number of aryl methyl sites for hydroxylation is 1. The van der Waals surface area contributed by atoms with E-state index >= 15 is 0 Å². The van der Waals surface area contributed by atoms with Gasteiger partial charge >= 0.3 is 0 Å². The van der Waals surface area contributed by atoms with Gasteiger partial charge in [0, 0.05) is 34.4 Å². The van der Waals surface area contributed by atoms with Gasteiger partial charge in [0.2, 0.25) is 0 Å². The Balaban J connectivity index is 1.03. The van der Waals surface area contributed by atoms with Crippen LogP contribution in [0.25, 0.3) is 60.5 Å². The Labute approximate surface area is 282 Å². The quantitative estimate of drug-likeness (QED) is 0.186. The Morgan fingerprint density at radius 2 is 1.15 bits per heavy atom. The molecular formula is C46H38N2. The third-order valence-corrected chi connectivity index (χ3v) is 10.3. The van der Waals surface area contributed by atoms with Crippen LogP contribution < -0.4 is 4.90 Å². The highest BCUT2D eigenvalue weighted by molar-refractivity contribution is 6.21. The van der Waals surface area contributed by atoms with Crippen LogP contribution in [0.4, 0.5) is 11.4 Å². The van der Waals surface area contributed by atoms with E-state index in [1.54, 1.807) is 0 Å². The van der Waals surface area contributed by atoms with Crippen LogP contribution in [0.5, 0.6) is 0 Å². The molecule has 0 spiro atoms. The average molecular weight is 619 g/mol. The number of benzene rings is 7. The van der Waals surface area contributed by atoms with E-state index in [-0.39, 0.29) is 0 Å². The highest BCUT2D eigenvalue weighted by Gasteiger charge is 2.18. The smallest absolute Gasteiger partial charge is 0.0547 e. The zero-order valence-electron chi connectivity index (χ0n) is 27.5. The van der Waals surface area contributed by atoms with Crippen LogP contribution in [0.15, 0.2) is 152 Å². The predicted molar refractivity (Wildman–Crippen MR) is 205 cm³/mol. The number of hydrogen-bond donors (Lipinski definition) is 0. The maximum atomic E-state index is 2.46. The molecule has 1 aliphatic heterocycles. The predicted octanol–water partition coefficient (Wildman–Crippen LogP) is 12.5. The van der Waals surface area contributed by atoms with Gasteiger partial charge < -0.3 is 9.47 Å². The van der Waals surface area contributed by atoms with Crippen LogP contribution in [0, 0.1) is 0 Å². The second kappa shape index (κ2) is 11.6. The molecule has 2 nitrogen and oxygen atoms in total. The Bertz CT molecular complexity index is 2430. The average Bonchev–Trinajstić information content (AvgIpc) is 3.49. The molecule has 8 aromatic rings. The van der Waals surface area contributed by atoms with Crippen molar-refractivity contribution in [2.45, 2.75) is 32.6 Å². The van der Waals surface area contributed by atoms with E-state index in [1.807, 2.05) is 0 Å². The van der Waals surface area contributed by atoms with Crippen LogP contribution in [-0.4, -0.2) is 11.1 Å². The number of fused-ring (bicyclic) bond motifs is 6. The third-order valence-electron chi connectivity index (χ3n) is 10.3. The summed E-state index contributed by atoms with van der Waals surface area (Å²) in [4.78, 5) is 2.46. The molecule has 0 amide bonds. The van der Waals surface area contributed by atoms with Gasteiger partial charge in [0.15, 0.2) is 0 Å². The van der Waals surface area contributed by atoms with Crippen molar-refractivity contribution in [1.29, 1.82) is 0 Å². The fourth-order valence-electron chi connectivity index (χ4n) is 7.74. The van der Waals surface area contributed by atoms with Crippen molar-refractivity contribution in [2.24, 2.45) is 0 Å². The first kappa shape index (κ1) is 28.6. The molecule has 0 atom stereocenters. The van der Waals surface area contributed by atoms with E-state index in [9.17, 15) is 0 Å². The lowest BCUT2D eigenvalue weighted by molar-refractivity contribution is 0.767. The molecular weight excluding hydrogens is 581 g/mol. The number of rotatable bonds is 5. The highest BCUT2D eigenvalue weighted by Crippen LogP contribution is 2.39. The molecule has 1 aromatic heterocycles. The minimum Gasteiger partial charge on any atom is -0.341 e. The molecule has 48 heavy (non-hydrogen) atoms. The van der Waals surface area contributed by atoms with Crippen molar-refractivity contribution >= 4 is 44.0 Å². The van der Waals surface area contributed by atoms with Gasteiger partial charge in [0.05, 0.1) is 11.0 Å². The molecule has 0 saturated carbocycles. The molecule has 0 aliphatic carbocycles. The Kier molecular flexibility index (Phi) is 6.90. The van der Waals surface area contributed by atoms with Crippen LogP contribution in [0.1, 0.15) is 37.3 Å². The van der Waals surface area contributed by atoms with E-state index in [0.29, 0.717) is 5.92 Å². The monoisotopic (exact) mass is 618 g/mol. The minimum atomic E-state index is 0.466. The lowest BCUT2D eigenvalue weighted by Gasteiger charge is -2.31. The van der Waals surface area contributed by atoms with Gasteiger partial charge in [0.25, 0.3) is 0 Å². The molecule has 7 aromatic carbocycles. The van der Waals surface area contributed by atoms with Crippen molar-refractivity contribution in [2.75, 3.05) is 11.4 Å². The fraction of sp³-hybridized carbons (Fsp3) is 0.130. The van der Waals surface area contributed by atoms with Crippen molar-refractivity contribution in [3.05, 3.63) is 163 Å². The number of nitrogens with zero attached hydrogens (tertiary/aromatic N) is 2. The van der Waals surface area contributed by atoms with Gasteiger partial charge in [-0.05, 0) is 105 Å². The van der Waals surface area contributed by atoms with Crippen molar-refractivity contribution in [3.8, 4) is 27.9 Å². The summed E-state index contributed by atoms with van der Waals surface area (Å²) in [6, 6.07) is 56.3. The lowest BCUT2D eigenvalue weighted by atomic mass is 9.99. The van der Waals surface area contributed by atoms with Crippen LogP contribution in [-0.2, 0) is 6.42 Å². The maximum absolute atomic E-state index is 2.46. The zero-order chi connectivity index (χ0) is 32.2. The summed E-state index contributed by atoms with van der Waals surface area (Å²) in [6.45, 7) is 5.61. The normalized spacial score (nSPS) is 13.1. The first-order valence-electron chi connectivity index (χ1n) is 17.2. The molecule has 2 heterocycles. The molecule has 1 aliphatic rings. The Hall–Kier alpha value is -5.60. The number of para-hydroxylation sites is 1. The van der Waals surface area contributed by atoms with Crippen molar-refractivity contribution in [3.63, 3.8) is 0 Å². The lowest BCUT2D eigenvalue weighted by Crippen LogP contribution is -2.24. The number of hydrogen-bond acceptors (Lipinski definition) is 1. The van der Waals surface area contributed by atoms with Gasteiger partial charge in [-0.15, -0.1) is 0 Å². The number of anilines is 2. The first-order valence-corrected chi connectivity index (χ1v) is 17.2. The first-order chi connectivity index (χ1) is 23.6. The number of aromatic nitrogens is 1. The Morgan fingerprint density at radius 3 is 1.85 bits per heavy atom. The van der Waals surface area contributed by atoms with E-state index in [1.165, 1.54) is 89.4 Å². The molecule has 0 N–H and O–H groups in total. The third kappa shape index (κ3) is 4.79. The molecule has 9 rings (SSSR count). The summed E-state index contributed by atoms with van der Waals surface area (Å²) in [5, 5.41) is 5.21. The van der Waals surface area contributed by atoms with Crippen molar-refractivity contribution < 1.29 is 0 Å². The summed E-state index contributed by atoms with van der Waals surface area (Å²) >= 11 is 0. The fourth-order valence-corrected chi connectivity index (χ4v) is 7.74. The summed E-state index contributed by atoms with van der Waals surface area (Å²) < 4.78 is 2.45. The van der Waals surface area contributed by atoms with Gasteiger partial charge in [-0.1, -0.05) is 123 Å². The molecule has 232 valence electrons. The standard InChI is InChI=1S/C46H38N2/c1-31(2)38-21-27-42-45(30-38)48(44-28-22-36-8-3-5-11-41(36)46(42)44)40-25-19-35(20-26-40)33-15-13-32(14-16-33)34-17-23-39(24-18-34)47-29-7-10-37-9-4-6-12-43(37)47/h3-6,8-9,11-28,30-31H,7,10,29H2,1-2H3. The molecule has 0 saturated heterocycles. The van der Waals surface area contributed by atoms with Crippen LogP contribution in [0.2, 0.25) is 0 Å². The van der Waals surface area contributed by atoms with E-state index in [0.717, 1.165) is 13.0 Å². The Morgan fingerprint density at radius 1 is 0.521 bits per heavy atom. The molecule has 0 bridgehead atoms. The summed E-state index contributed by atoms with van der Waals surface area (Å²) in [5.74, 6) is 0.466.